The molecule has 0 heteroatoms. The minimum absolute atomic E-state index is 0.439. The molecule has 0 rings (SSSR count). The average Bonchev–Trinajstić information content (AvgIpc) is 1.30. The summed E-state index contributed by atoms with van der Waals surface area (Å²) in [6.45, 7) is 8.61. The van der Waals surface area contributed by atoms with E-state index >= 15 is 0 Å². The van der Waals surface area contributed by atoms with Gasteiger partial charge in [-0.25, -0.2) is 0 Å². The van der Waals surface area contributed by atoms with Crippen molar-refractivity contribution in [1.82, 2.24) is 0 Å². The monoisotopic (exact) mass is 98.1 g/mol. The van der Waals surface area contributed by atoms with Crippen LogP contribution in [0.5, 0.6) is 0 Å². The summed E-state index contributed by atoms with van der Waals surface area (Å²) in [5.41, 5.74) is 0.439. The molecule has 0 nitrogen and oxygen atoms in total. The van der Waals surface area contributed by atoms with Crippen molar-refractivity contribution in [3.63, 3.8) is 0 Å². The quantitative estimate of drug-likeness (QED) is 0.472. The molecule has 0 unspecified atom stereocenters. The Bertz CT molecular complexity index is 38.5. The smallest absolute Gasteiger partial charge is 0.0202 e. The molecule has 0 aliphatic carbocycles. The van der Waals surface area contributed by atoms with Gasteiger partial charge in [-0.2, -0.15) is 0 Å². The Morgan fingerprint density at radius 2 is 1.71 bits per heavy atom. The first-order valence-electron chi connectivity index (χ1n) is 2.71. The van der Waals surface area contributed by atoms with Crippen molar-refractivity contribution in [3.8, 4) is 0 Å². The van der Waals surface area contributed by atoms with Crippen molar-refractivity contribution in [2.24, 2.45) is 5.41 Å². The van der Waals surface area contributed by atoms with Crippen molar-refractivity contribution < 1.29 is 0 Å². The third kappa shape index (κ3) is 6.00. The summed E-state index contributed by atoms with van der Waals surface area (Å²) in [6, 6.07) is 0. The van der Waals surface area contributed by atoms with Crippen LogP contribution < -0.4 is 0 Å². The van der Waals surface area contributed by atoms with Crippen molar-refractivity contribution in [3.05, 3.63) is 6.42 Å². The Morgan fingerprint density at radius 3 is 1.71 bits per heavy atom. The van der Waals surface area contributed by atoms with E-state index in [0.717, 1.165) is 6.42 Å². The summed E-state index contributed by atoms with van der Waals surface area (Å²) in [7, 11) is 0. The van der Waals surface area contributed by atoms with Crippen LogP contribution in [0.15, 0.2) is 0 Å². The Kier molecular flexibility index (Phi) is 2.34. The minimum Gasteiger partial charge on any atom is -0.0602 e. The van der Waals surface area contributed by atoms with Gasteiger partial charge in [-0.15, -0.1) is 0 Å². The van der Waals surface area contributed by atoms with Gasteiger partial charge in [0.2, 0.25) is 0 Å². The molecule has 0 aromatic rings. The van der Waals surface area contributed by atoms with E-state index in [1.165, 1.54) is 0 Å². The molecule has 0 heterocycles. The molecule has 0 aliphatic rings. The first-order valence-corrected chi connectivity index (χ1v) is 2.71. The van der Waals surface area contributed by atoms with E-state index in [9.17, 15) is 0 Å². The molecular formula is C7H14. The SMILES string of the molecule is C[C]CC(C)(C)C. The van der Waals surface area contributed by atoms with Gasteiger partial charge in [-0.1, -0.05) is 27.7 Å². The van der Waals surface area contributed by atoms with Gasteiger partial charge in [0.05, 0.1) is 0 Å². The van der Waals surface area contributed by atoms with Crippen LogP contribution in [0.2, 0.25) is 0 Å². The number of hydrogen-bond acceptors (Lipinski definition) is 0. The van der Waals surface area contributed by atoms with Gasteiger partial charge in [0.15, 0.2) is 0 Å². The molecular weight excluding hydrogens is 84.1 g/mol. The van der Waals surface area contributed by atoms with Crippen molar-refractivity contribution in [2.45, 2.75) is 34.1 Å². The van der Waals surface area contributed by atoms with E-state index in [-0.39, 0.29) is 0 Å². The molecule has 0 saturated heterocycles. The van der Waals surface area contributed by atoms with Gasteiger partial charge >= 0.3 is 0 Å². The highest BCUT2D eigenvalue weighted by atomic mass is 14.1. The lowest BCUT2D eigenvalue weighted by atomic mass is 9.91. The molecule has 0 amide bonds. The molecule has 0 saturated carbocycles. The number of rotatable bonds is 1. The third-order valence-electron chi connectivity index (χ3n) is 0.707. The molecule has 0 N–H and O–H groups in total. The molecule has 0 bridgehead atoms. The molecule has 2 radical (unpaired) electrons. The van der Waals surface area contributed by atoms with Crippen molar-refractivity contribution in [2.75, 3.05) is 0 Å². The van der Waals surface area contributed by atoms with Gasteiger partial charge in [-0.3, -0.25) is 0 Å². The zero-order valence-corrected chi connectivity index (χ0v) is 5.71. The summed E-state index contributed by atoms with van der Waals surface area (Å²) in [5.74, 6) is 0. The molecule has 0 atom stereocenters. The number of hydrogen-bond donors (Lipinski definition) is 0. The first kappa shape index (κ1) is 7.00. The van der Waals surface area contributed by atoms with E-state index in [1.54, 1.807) is 0 Å². The normalized spacial score (nSPS) is 12.0. The Morgan fingerprint density at radius 1 is 1.29 bits per heavy atom. The van der Waals surface area contributed by atoms with Gasteiger partial charge < -0.3 is 0 Å². The molecule has 0 aromatic heterocycles. The van der Waals surface area contributed by atoms with E-state index in [4.69, 9.17) is 0 Å². The average molecular weight is 98.2 g/mol. The van der Waals surface area contributed by atoms with Crippen LogP contribution >= 0.6 is 0 Å². The van der Waals surface area contributed by atoms with E-state index in [0.29, 0.717) is 5.41 Å². The van der Waals surface area contributed by atoms with E-state index in [2.05, 4.69) is 27.2 Å². The highest BCUT2D eigenvalue weighted by Gasteiger charge is 2.06. The van der Waals surface area contributed by atoms with Crippen LogP contribution in [0.3, 0.4) is 0 Å². The minimum atomic E-state index is 0.439. The molecule has 0 aromatic carbocycles. The van der Waals surface area contributed by atoms with Gasteiger partial charge in [0.25, 0.3) is 0 Å². The largest absolute Gasteiger partial charge is 0.0602 e. The predicted molar refractivity (Wildman–Crippen MR) is 33.0 cm³/mol. The van der Waals surface area contributed by atoms with Crippen LogP contribution in [0.4, 0.5) is 0 Å². The topological polar surface area (TPSA) is 0 Å². The highest BCUT2D eigenvalue weighted by molar-refractivity contribution is 4.68. The lowest BCUT2D eigenvalue weighted by Gasteiger charge is -2.14. The maximum atomic E-state index is 3.11. The summed E-state index contributed by atoms with van der Waals surface area (Å²) in [4.78, 5) is 0. The summed E-state index contributed by atoms with van der Waals surface area (Å²) >= 11 is 0. The Balaban J connectivity index is 3.15. The fourth-order valence-corrected chi connectivity index (χ4v) is 0.530. The molecule has 0 spiro atoms. The zero-order chi connectivity index (χ0) is 5.91. The van der Waals surface area contributed by atoms with Crippen LogP contribution in [-0.4, -0.2) is 0 Å². The second-order valence-corrected chi connectivity index (χ2v) is 3.09. The van der Waals surface area contributed by atoms with Gasteiger partial charge in [0, 0.05) is 0 Å². The maximum absolute atomic E-state index is 3.11. The van der Waals surface area contributed by atoms with Crippen molar-refractivity contribution >= 4 is 0 Å². The standard InChI is InChI=1S/C7H14/c1-5-6-7(2,3)4/h6H2,1-4H3. The van der Waals surface area contributed by atoms with Crippen LogP contribution in [0.25, 0.3) is 0 Å². The summed E-state index contributed by atoms with van der Waals surface area (Å²) in [6.07, 6.45) is 4.20. The van der Waals surface area contributed by atoms with Gasteiger partial charge in [0.1, 0.15) is 0 Å². The molecule has 0 aliphatic heterocycles. The summed E-state index contributed by atoms with van der Waals surface area (Å²) in [5, 5.41) is 0. The van der Waals surface area contributed by atoms with E-state index in [1.807, 2.05) is 6.92 Å². The third-order valence-corrected chi connectivity index (χ3v) is 0.707. The fraction of sp³-hybridized carbons (Fsp3) is 0.857. The Labute approximate surface area is 46.9 Å². The second-order valence-electron chi connectivity index (χ2n) is 3.09. The fourth-order valence-electron chi connectivity index (χ4n) is 0.530. The predicted octanol–water partition coefficient (Wildman–Crippen LogP) is 2.52. The Hall–Kier alpha value is 0. The van der Waals surface area contributed by atoms with Crippen molar-refractivity contribution in [1.29, 1.82) is 0 Å². The lowest BCUT2D eigenvalue weighted by Crippen LogP contribution is -2.02. The zero-order valence-electron chi connectivity index (χ0n) is 5.71. The second kappa shape index (κ2) is 2.34. The van der Waals surface area contributed by atoms with Crippen LogP contribution in [0.1, 0.15) is 34.1 Å². The molecule has 7 heavy (non-hydrogen) atoms. The van der Waals surface area contributed by atoms with E-state index < -0.39 is 0 Å². The highest BCUT2D eigenvalue weighted by Crippen LogP contribution is 2.18. The summed E-state index contributed by atoms with van der Waals surface area (Å²) < 4.78 is 0. The molecule has 42 valence electrons. The molecule has 0 fully saturated rings. The maximum Gasteiger partial charge on any atom is -0.0202 e. The lowest BCUT2D eigenvalue weighted by molar-refractivity contribution is 0.407. The van der Waals surface area contributed by atoms with Gasteiger partial charge in [-0.05, 0) is 18.3 Å². The van der Waals surface area contributed by atoms with Crippen LogP contribution in [0, 0.1) is 11.8 Å². The van der Waals surface area contributed by atoms with Crippen LogP contribution in [-0.2, 0) is 0 Å². The first-order chi connectivity index (χ1) is 3.06.